The van der Waals surface area contributed by atoms with E-state index in [9.17, 15) is 0 Å². The normalized spacial score (nSPS) is 20.5. The molecule has 0 aliphatic heterocycles. The van der Waals surface area contributed by atoms with E-state index >= 15 is 0 Å². The molecule has 0 aromatic carbocycles. The van der Waals surface area contributed by atoms with Crippen molar-refractivity contribution in [3.63, 3.8) is 0 Å². The average Bonchev–Trinajstić information content (AvgIpc) is 2.73. The van der Waals surface area contributed by atoms with E-state index in [-0.39, 0.29) is 0 Å². The first-order valence-corrected chi connectivity index (χ1v) is 4.51. The van der Waals surface area contributed by atoms with Crippen LogP contribution in [0.25, 0.3) is 0 Å². The SMILES string of the molecule is C=CC(CCCC)C1CC1. The average molecular weight is 138 g/mol. The van der Waals surface area contributed by atoms with E-state index < -0.39 is 0 Å². The molecule has 0 aromatic heterocycles. The van der Waals surface area contributed by atoms with Crippen LogP contribution in [0.2, 0.25) is 0 Å². The molecule has 0 amide bonds. The zero-order valence-corrected chi connectivity index (χ0v) is 6.97. The summed E-state index contributed by atoms with van der Waals surface area (Å²) in [5.74, 6) is 1.86. The highest BCUT2D eigenvalue weighted by Gasteiger charge is 2.28. The van der Waals surface area contributed by atoms with E-state index in [1.54, 1.807) is 0 Å². The van der Waals surface area contributed by atoms with Crippen molar-refractivity contribution in [1.82, 2.24) is 0 Å². The molecule has 0 heteroatoms. The highest BCUT2D eigenvalue weighted by molar-refractivity contribution is 4.91. The van der Waals surface area contributed by atoms with Gasteiger partial charge in [0.25, 0.3) is 0 Å². The predicted molar refractivity (Wildman–Crippen MR) is 45.9 cm³/mol. The molecule has 0 nitrogen and oxygen atoms in total. The molecule has 1 aliphatic rings. The van der Waals surface area contributed by atoms with Crippen LogP contribution in [-0.4, -0.2) is 0 Å². The standard InChI is InChI=1S/C10H18/c1-3-5-6-9(4-2)10-7-8-10/h4,9-10H,2-3,5-8H2,1H3. The minimum atomic E-state index is 0.847. The van der Waals surface area contributed by atoms with Crippen molar-refractivity contribution in [2.75, 3.05) is 0 Å². The summed E-state index contributed by atoms with van der Waals surface area (Å²) in [5.41, 5.74) is 0. The van der Waals surface area contributed by atoms with Gasteiger partial charge in [0.15, 0.2) is 0 Å². The van der Waals surface area contributed by atoms with Crippen LogP contribution < -0.4 is 0 Å². The summed E-state index contributed by atoms with van der Waals surface area (Å²) >= 11 is 0. The smallest absolute Gasteiger partial charge is 0.0208 e. The van der Waals surface area contributed by atoms with Gasteiger partial charge in [-0.25, -0.2) is 0 Å². The Bertz CT molecular complexity index is 101. The van der Waals surface area contributed by atoms with Crippen molar-refractivity contribution in [3.05, 3.63) is 12.7 Å². The third-order valence-electron chi connectivity index (χ3n) is 2.42. The molecule has 0 aromatic rings. The number of rotatable bonds is 5. The quantitative estimate of drug-likeness (QED) is 0.511. The van der Waals surface area contributed by atoms with Crippen LogP contribution in [0.1, 0.15) is 39.0 Å². The van der Waals surface area contributed by atoms with Gasteiger partial charge in [-0.05, 0) is 31.1 Å². The molecule has 0 radical (unpaired) electrons. The third kappa shape index (κ3) is 2.17. The zero-order valence-electron chi connectivity index (χ0n) is 6.97. The van der Waals surface area contributed by atoms with E-state index in [4.69, 9.17) is 0 Å². The van der Waals surface area contributed by atoms with Gasteiger partial charge in [-0.3, -0.25) is 0 Å². The molecule has 0 N–H and O–H groups in total. The Balaban J connectivity index is 2.12. The van der Waals surface area contributed by atoms with Crippen LogP contribution >= 0.6 is 0 Å². The highest BCUT2D eigenvalue weighted by Crippen LogP contribution is 2.39. The second-order valence-corrected chi connectivity index (χ2v) is 3.38. The third-order valence-corrected chi connectivity index (χ3v) is 2.42. The van der Waals surface area contributed by atoms with Crippen LogP contribution in [0.15, 0.2) is 12.7 Å². The number of unbranched alkanes of at least 4 members (excludes halogenated alkanes) is 1. The lowest BCUT2D eigenvalue weighted by Crippen LogP contribution is -1.97. The molecule has 58 valence electrons. The van der Waals surface area contributed by atoms with E-state index in [0.717, 1.165) is 11.8 Å². The molecular formula is C10H18. The summed E-state index contributed by atoms with van der Waals surface area (Å²) in [6, 6.07) is 0. The second kappa shape index (κ2) is 3.80. The summed E-state index contributed by atoms with van der Waals surface area (Å²) in [6.07, 6.45) is 9.17. The van der Waals surface area contributed by atoms with Gasteiger partial charge in [0.05, 0.1) is 0 Å². The summed E-state index contributed by atoms with van der Waals surface area (Å²) < 4.78 is 0. The Labute approximate surface area is 64.3 Å². The molecule has 0 bridgehead atoms. The van der Waals surface area contributed by atoms with Gasteiger partial charge in [0.2, 0.25) is 0 Å². The van der Waals surface area contributed by atoms with E-state index in [1.165, 1.54) is 32.1 Å². The summed E-state index contributed by atoms with van der Waals surface area (Å²) in [4.78, 5) is 0. The number of hydrogen-bond donors (Lipinski definition) is 0. The van der Waals surface area contributed by atoms with Gasteiger partial charge in [-0.2, -0.15) is 0 Å². The van der Waals surface area contributed by atoms with E-state index in [2.05, 4.69) is 19.6 Å². The molecule has 0 heterocycles. The fourth-order valence-corrected chi connectivity index (χ4v) is 1.51. The monoisotopic (exact) mass is 138 g/mol. The molecule has 1 unspecified atom stereocenters. The van der Waals surface area contributed by atoms with Gasteiger partial charge in [0, 0.05) is 0 Å². The van der Waals surface area contributed by atoms with Gasteiger partial charge >= 0.3 is 0 Å². The lowest BCUT2D eigenvalue weighted by molar-refractivity contribution is 0.500. The molecule has 10 heavy (non-hydrogen) atoms. The maximum absolute atomic E-state index is 3.88. The minimum absolute atomic E-state index is 0.847. The Morgan fingerprint density at radius 3 is 2.70 bits per heavy atom. The molecular weight excluding hydrogens is 120 g/mol. The van der Waals surface area contributed by atoms with Crippen molar-refractivity contribution in [2.45, 2.75) is 39.0 Å². The van der Waals surface area contributed by atoms with Gasteiger partial charge in [-0.1, -0.05) is 25.8 Å². The van der Waals surface area contributed by atoms with Gasteiger partial charge in [0.1, 0.15) is 0 Å². The van der Waals surface area contributed by atoms with Crippen LogP contribution in [-0.2, 0) is 0 Å². The Morgan fingerprint density at radius 2 is 2.30 bits per heavy atom. The lowest BCUT2D eigenvalue weighted by atomic mass is 9.97. The fraction of sp³-hybridized carbons (Fsp3) is 0.800. The summed E-state index contributed by atoms with van der Waals surface area (Å²) in [6.45, 7) is 6.13. The molecule has 0 saturated heterocycles. The van der Waals surface area contributed by atoms with Crippen LogP contribution in [0.4, 0.5) is 0 Å². The molecule has 1 fully saturated rings. The van der Waals surface area contributed by atoms with E-state index in [0.29, 0.717) is 0 Å². The minimum Gasteiger partial charge on any atom is -0.103 e. The van der Waals surface area contributed by atoms with Gasteiger partial charge in [-0.15, -0.1) is 6.58 Å². The largest absolute Gasteiger partial charge is 0.103 e. The summed E-state index contributed by atoms with van der Waals surface area (Å²) in [7, 11) is 0. The molecule has 1 saturated carbocycles. The predicted octanol–water partition coefficient (Wildman–Crippen LogP) is 3.39. The molecule has 1 atom stereocenters. The van der Waals surface area contributed by atoms with Crippen LogP contribution in [0.5, 0.6) is 0 Å². The van der Waals surface area contributed by atoms with Crippen LogP contribution in [0, 0.1) is 11.8 Å². The Hall–Kier alpha value is -0.260. The first-order valence-electron chi connectivity index (χ1n) is 4.51. The zero-order chi connectivity index (χ0) is 7.40. The lowest BCUT2D eigenvalue weighted by Gasteiger charge is -2.08. The Kier molecular flexibility index (Phi) is 2.98. The van der Waals surface area contributed by atoms with Crippen molar-refractivity contribution in [1.29, 1.82) is 0 Å². The Morgan fingerprint density at radius 1 is 1.60 bits per heavy atom. The van der Waals surface area contributed by atoms with Crippen molar-refractivity contribution in [2.24, 2.45) is 11.8 Å². The van der Waals surface area contributed by atoms with Crippen molar-refractivity contribution in [3.8, 4) is 0 Å². The maximum atomic E-state index is 3.88. The van der Waals surface area contributed by atoms with Gasteiger partial charge < -0.3 is 0 Å². The first-order chi connectivity index (χ1) is 4.88. The molecule has 1 rings (SSSR count). The van der Waals surface area contributed by atoms with E-state index in [1.807, 2.05) is 0 Å². The molecule has 0 spiro atoms. The molecule has 1 aliphatic carbocycles. The number of hydrogen-bond acceptors (Lipinski definition) is 0. The summed E-state index contributed by atoms with van der Waals surface area (Å²) in [5, 5.41) is 0. The first kappa shape index (κ1) is 7.84. The maximum Gasteiger partial charge on any atom is -0.0208 e. The highest BCUT2D eigenvalue weighted by atomic mass is 14.3. The van der Waals surface area contributed by atoms with Crippen molar-refractivity contribution < 1.29 is 0 Å². The topological polar surface area (TPSA) is 0 Å². The van der Waals surface area contributed by atoms with Crippen molar-refractivity contribution >= 4 is 0 Å². The fourth-order valence-electron chi connectivity index (χ4n) is 1.51. The van der Waals surface area contributed by atoms with Crippen LogP contribution in [0.3, 0.4) is 0 Å². The number of allylic oxidation sites excluding steroid dienone is 1. The second-order valence-electron chi connectivity index (χ2n) is 3.38.